The SMILES string of the molecule is CCCc1[nH]nc(C(=O)N2CC(O)C2)c1[N+](=O)[O-]. The van der Waals surface area contributed by atoms with Gasteiger partial charge in [0.15, 0.2) is 0 Å². The summed E-state index contributed by atoms with van der Waals surface area (Å²) in [6.45, 7) is 2.29. The van der Waals surface area contributed by atoms with E-state index in [1.54, 1.807) is 0 Å². The van der Waals surface area contributed by atoms with Crippen molar-refractivity contribution in [2.24, 2.45) is 0 Å². The number of nitrogens with one attached hydrogen (secondary N) is 1. The van der Waals surface area contributed by atoms with Crippen molar-refractivity contribution < 1.29 is 14.8 Å². The van der Waals surface area contributed by atoms with Crippen molar-refractivity contribution in [2.75, 3.05) is 13.1 Å². The van der Waals surface area contributed by atoms with Gasteiger partial charge in [-0.1, -0.05) is 13.3 Å². The van der Waals surface area contributed by atoms with Crippen LogP contribution in [0.25, 0.3) is 0 Å². The van der Waals surface area contributed by atoms with Crippen molar-refractivity contribution in [2.45, 2.75) is 25.9 Å². The van der Waals surface area contributed by atoms with E-state index in [1.165, 1.54) is 4.90 Å². The van der Waals surface area contributed by atoms with Crippen LogP contribution < -0.4 is 0 Å². The molecule has 1 aromatic rings. The molecule has 0 bridgehead atoms. The van der Waals surface area contributed by atoms with E-state index in [2.05, 4.69) is 10.2 Å². The standard InChI is InChI=1S/C10H14N4O4/c1-2-3-7-9(14(17)18)8(12-11-7)10(16)13-4-6(15)5-13/h6,15H,2-5H2,1H3,(H,11,12). The smallest absolute Gasteiger partial charge is 0.322 e. The molecule has 0 aromatic carbocycles. The lowest BCUT2D eigenvalue weighted by molar-refractivity contribution is -0.385. The van der Waals surface area contributed by atoms with Gasteiger partial charge in [-0.3, -0.25) is 20.0 Å². The van der Waals surface area contributed by atoms with Crippen LogP contribution >= 0.6 is 0 Å². The molecule has 18 heavy (non-hydrogen) atoms. The highest BCUT2D eigenvalue weighted by Gasteiger charge is 2.36. The van der Waals surface area contributed by atoms with Crippen LogP contribution in [0.15, 0.2) is 0 Å². The molecule has 0 spiro atoms. The largest absolute Gasteiger partial charge is 0.389 e. The predicted molar refractivity (Wildman–Crippen MR) is 61.1 cm³/mol. The lowest BCUT2D eigenvalue weighted by Gasteiger charge is -2.35. The number of β-amino-alcohol motifs (C(OH)–C–C–N with tert-alkyl or cyclic N) is 1. The maximum atomic E-state index is 11.9. The molecular weight excluding hydrogens is 240 g/mol. The number of aromatic nitrogens is 2. The summed E-state index contributed by atoms with van der Waals surface area (Å²) in [5.74, 6) is -0.509. The van der Waals surface area contributed by atoms with Gasteiger partial charge >= 0.3 is 5.69 Å². The number of nitrogens with zero attached hydrogens (tertiary/aromatic N) is 3. The highest BCUT2D eigenvalue weighted by atomic mass is 16.6. The van der Waals surface area contributed by atoms with E-state index in [-0.39, 0.29) is 24.5 Å². The number of amides is 1. The molecule has 2 heterocycles. The third-order valence-corrected chi connectivity index (χ3v) is 2.85. The normalized spacial score (nSPS) is 15.6. The first kappa shape index (κ1) is 12.5. The molecule has 1 amide bonds. The van der Waals surface area contributed by atoms with Crippen LogP contribution in [-0.2, 0) is 6.42 Å². The fraction of sp³-hybridized carbons (Fsp3) is 0.600. The fourth-order valence-corrected chi connectivity index (χ4v) is 1.91. The van der Waals surface area contributed by atoms with Crippen molar-refractivity contribution >= 4 is 11.6 Å². The maximum Gasteiger partial charge on any atom is 0.322 e. The molecule has 98 valence electrons. The van der Waals surface area contributed by atoms with Crippen molar-refractivity contribution in [1.29, 1.82) is 0 Å². The van der Waals surface area contributed by atoms with Gasteiger partial charge in [0, 0.05) is 13.1 Å². The zero-order valence-corrected chi connectivity index (χ0v) is 9.92. The maximum absolute atomic E-state index is 11.9. The highest BCUT2D eigenvalue weighted by molar-refractivity contribution is 5.97. The van der Waals surface area contributed by atoms with E-state index in [4.69, 9.17) is 5.11 Å². The van der Waals surface area contributed by atoms with Crippen molar-refractivity contribution in [3.05, 3.63) is 21.5 Å². The molecule has 0 aliphatic carbocycles. The van der Waals surface area contributed by atoms with E-state index in [0.29, 0.717) is 12.1 Å². The van der Waals surface area contributed by atoms with Gasteiger partial charge in [-0.25, -0.2) is 0 Å². The van der Waals surface area contributed by atoms with E-state index in [9.17, 15) is 14.9 Å². The Hall–Kier alpha value is -1.96. The summed E-state index contributed by atoms with van der Waals surface area (Å²) >= 11 is 0. The molecule has 2 rings (SSSR count). The number of aliphatic hydroxyl groups excluding tert-OH is 1. The fourth-order valence-electron chi connectivity index (χ4n) is 1.91. The zero-order chi connectivity index (χ0) is 13.3. The summed E-state index contributed by atoms with van der Waals surface area (Å²) in [7, 11) is 0. The van der Waals surface area contributed by atoms with Crippen LogP contribution in [0, 0.1) is 10.1 Å². The number of likely N-dealkylation sites (tertiary alicyclic amines) is 1. The van der Waals surface area contributed by atoms with Gasteiger partial charge in [-0.15, -0.1) is 0 Å². The van der Waals surface area contributed by atoms with Gasteiger partial charge in [-0.2, -0.15) is 5.10 Å². The third kappa shape index (κ3) is 2.06. The topological polar surface area (TPSA) is 112 Å². The second-order valence-electron chi connectivity index (χ2n) is 4.27. The van der Waals surface area contributed by atoms with Gasteiger partial charge in [0.05, 0.1) is 11.0 Å². The molecule has 8 heteroatoms. The summed E-state index contributed by atoms with van der Waals surface area (Å²) < 4.78 is 0. The first-order chi connectivity index (χ1) is 8.54. The second kappa shape index (κ2) is 4.73. The van der Waals surface area contributed by atoms with Crippen molar-refractivity contribution in [1.82, 2.24) is 15.1 Å². The van der Waals surface area contributed by atoms with Crippen LogP contribution in [0.5, 0.6) is 0 Å². The van der Waals surface area contributed by atoms with Crippen LogP contribution in [0.4, 0.5) is 5.69 Å². The Bertz CT molecular complexity index is 478. The lowest BCUT2D eigenvalue weighted by Crippen LogP contribution is -2.53. The molecule has 2 N–H and O–H groups in total. The summed E-state index contributed by atoms with van der Waals surface area (Å²) in [5, 5.41) is 26.4. The Morgan fingerprint density at radius 2 is 2.33 bits per heavy atom. The van der Waals surface area contributed by atoms with Gasteiger partial charge in [0.1, 0.15) is 5.69 Å². The average molecular weight is 254 g/mol. The molecule has 8 nitrogen and oxygen atoms in total. The summed E-state index contributed by atoms with van der Waals surface area (Å²) in [5.41, 5.74) is -0.0505. The Labute approximate surface area is 103 Å². The molecule has 0 saturated carbocycles. The van der Waals surface area contributed by atoms with E-state index in [1.807, 2.05) is 6.92 Å². The average Bonchev–Trinajstić information content (AvgIpc) is 2.68. The molecule has 1 aliphatic rings. The van der Waals surface area contributed by atoms with E-state index >= 15 is 0 Å². The number of aromatic amines is 1. The van der Waals surface area contributed by atoms with Crippen molar-refractivity contribution in [3.63, 3.8) is 0 Å². The molecule has 0 atom stereocenters. The molecule has 0 radical (unpaired) electrons. The minimum Gasteiger partial charge on any atom is -0.389 e. The first-order valence-corrected chi connectivity index (χ1v) is 5.73. The Morgan fingerprint density at radius 3 is 2.83 bits per heavy atom. The molecular formula is C10H14N4O4. The third-order valence-electron chi connectivity index (χ3n) is 2.85. The lowest BCUT2D eigenvalue weighted by atomic mass is 10.1. The van der Waals surface area contributed by atoms with E-state index in [0.717, 1.165) is 6.42 Å². The van der Waals surface area contributed by atoms with E-state index < -0.39 is 16.9 Å². The summed E-state index contributed by atoms with van der Waals surface area (Å²) in [6.07, 6.45) is 0.653. The number of aliphatic hydroxyl groups is 1. The van der Waals surface area contributed by atoms with Gasteiger partial charge < -0.3 is 10.0 Å². The number of carbonyl (C=O) groups excluding carboxylic acids is 1. The van der Waals surface area contributed by atoms with Gasteiger partial charge in [-0.05, 0) is 6.42 Å². The number of rotatable bonds is 4. The monoisotopic (exact) mass is 254 g/mol. The number of hydrogen-bond donors (Lipinski definition) is 2. The predicted octanol–water partition coefficient (Wildman–Crippen LogP) is 0.0871. The Kier molecular flexibility index (Phi) is 3.28. The quantitative estimate of drug-likeness (QED) is 0.584. The highest BCUT2D eigenvalue weighted by Crippen LogP contribution is 2.25. The second-order valence-corrected chi connectivity index (χ2v) is 4.27. The van der Waals surface area contributed by atoms with Crippen LogP contribution in [0.1, 0.15) is 29.5 Å². The minimum absolute atomic E-state index is 0.171. The molecule has 1 fully saturated rings. The minimum atomic E-state index is -0.585. The summed E-state index contributed by atoms with van der Waals surface area (Å²) in [4.78, 5) is 23.7. The molecule has 0 unspecified atom stereocenters. The molecule has 1 saturated heterocycles. The number of hydrogen-bond acceptors (Lipinski definition) is 5. The van der Waals surface area contributed by atoms with Crippen LogP contribution in [0.2, 0.25) is 0 Å². The van der Waals surface area contributed by atoms with Gasteiger partial charge in [0.2, 0.25) is 5.69 Å². The number of nitro groups is 1. The van der Waals surface area contributed by atoms with Crippen LogP contribution in [0.3, 0.4) is 0 Å². The first-order valence-electron chi connectivity index (χ1n) is 5.73. The number of aryl methyl sites for hydroxylation is 1. The number of carbonyl (C=O) groups is 1. The Morgan fingerprint density at radius 1 is 1.67 bits per heavy atom. The summed E-state index contributed by atoms with van der Waals surface area (Å²) in [6, 6.07) is 0. The van der Waals surface area contributed by atoms with Gasteiger partial charge in [0.25, 0.3) is 5.91 Å². The number of H-pyrrole nitrogens is 1. The Balaban J connectivity index is 2.27. The zero-order valence-electron chi connectivity index (χ0n) is 9.92. The molecule has 1 aliphatic heterocycles. The van der Waals surface area contributed by atoms with Crippen LogP contribution in [-0.4, -0.2) is 50.2 Å². The van der Waals surface area contributed by atoms with Crippen molar-refractivity contribution in [3.8, 4) is 0 Å². The molecule has 1 aromatic heterocycles.